The van der Waals surface area contributed by atoms with E-state index in [1.54, 1.807) is 0 Å². The molecule has 0 atom stereocenters. The molecule has 1 fully saturated rings. The Labute approximate surface area is 125 Å². The minimum atomic E-state index is -3.51. The van der Waals surface area contributed by atoms with Crippen LogP contribution in [0.5, 0.6) is 0 Å². The number of hydrogen-bond donors (Lipinski definition) is 1. The van der Waals surface area contributed by atoms with Crippen LogP contribution in [0.15, 0.2) is 29.2 Å². The van der Waals surface area contributed by atoms with Crippen molar-refractivity contribution in [3.05, 3.63) is 29.8 Å². The molecule has 0 radical (unpaired) electrons. The molecule has 6 heteroatoms. The van der Waals surface area contributed by atoms with E-state index in [2.05, 4.69) is 13.8 Å². The van der Waals surface area contributed by atoms with E-state index in [0.717, 1.165) is 12.8 Å². The summed E-state index contributed by atoms with van der Waals surface area (Å²) in [5, 5.41) is 8.85. The SMILES string of the molecule is CC(C)C1CCN(S(=O)(=O)c2ccc(C(=O)O)cc2)CC1. The van der Waals surface area contributed by atoms with Crippen molar-refractivity contribution in [2.24, 2.45) is 11.8 Å². The van der Waals surface area contributed by atoms with E-state index in [4.69, 9.17) is 5.11 Å². The second-order valence-corrected chi connectivity index (χ2v) is 7.75. The van der Waals surface area contributed by atoms with Gasteiger partial charge in [-0.05, 0) is 48.9 Å². The number of carboxylic acid groups (broad SMARTS) is 1. The van der Waals surface area contributed by atoms with Crippen molar-refractivity contribution in [3.8, 4) is 0 Å². The molecule has 116 valence electrons. The average Bonchev–Trinajstić information content (AvgIpc) is 2.47. The Kier molecular flexibility index (Phi) is 4.68. The topological polar surface area (TPSA) is 74.7 Å². The van der Waals surface area contributed by atoms with E-state index in [1.807, 2.05) is 0 Å². The Bertz CT molecular complexity index is 599. The van der Waals surface area contributed by atoms with Crippen LogP contribution < -0.4 is 0 Å². The number of carboxylic acids is 1. The van der Waals surface area contributed by atoms with Gasteiger partial charge in [0.05, 0.1) is 10.5 Å². The van der Waals surface area contributed by atoms with E-state index >= 15 is 0 Å². The first-order valence-electron chi connectivity index (χ1n) is 7.16. The van der Waals surface area contributed by atoms with Gasteiger partial charge in [0, 0.05) is 13.1 Å². The Morgan fingerprint density at radius 3 is 2.14 bits per heavy atom. The van der Waals surface area contributed by atoms with Gasteiger partial charge in [-0.25, -0.2) is 13.2 Å². The van der Waals surface area contributed by atoms with Crippen LogP contribution in [0.4, 0.5) is 0 Å². The number of rotatable bonds is 4. The van der Waals surface area contributed by atoms with Crippen molar-refractivity contribution in [2.45, 2.75) is 31.6 Å². The van der Waals surface area contributed by atoms with Crippen molar-refractivity contribution in [2.75, 3.05) is 13.1 Å². The van der Waals surface area contributed by atoms with Gasteiger partial charge >= 0.3 is 5.97 Å². The lowest BCUT2D eigenvalue weighted by molar-refractivity contribution is 0.0696. The maximum Gasteiger partial charge on any atom is 0.335 e. The van der Waals surface area contributed by atoms with Crippen LogP contribution in [0.2, 0.25) is 0 Å². The fraction of sp³-hybridized carbons (Fsp3) is 0.533. The Morgan fingerprint density at radius 1 is 1.19 bits per heavy atom. The number of hydrogen-bond acceptors (Lipinski definition) is 3. The van der Waals surface area contributed by atoms with Crippen LogP contribution in [-0.4, -0.2) is 36.9 Å². The maximum absolute atomic E-state index is 12.5. The fourth-order valence-corrected chi connectivity index (χ4v) is 4.17. The molecule has 1 aliphatic rings. The summed E-state index contributed by atoms with van der Waals surface area (Å²) in [6.07, 6.45) is 1.76. The molecule has 21 heavy (non-hydrogen) atoms. The van der Waals surface area contributed by atoms with Gasteiger partial charge in [-0.15, -0.1) is 0 Å². The van der Waals surface area contributed by atoms with Gasteiger partial charge in [0.2, 0.25) is 10.0 Å². The highest BCUT2D eigenvalue weighted by Crippen LogP contribution is 2.28. The molecular formula is C15H21NO4S. The smallest absolute Gasteiger partial charge is 0.335 e. The third-order valence-corrected chi connectivity index (χ3v) is 6.09. The third-order valence-electron chi connectivity index (χ3n) is 4.18. The van der Waals surface area contributed by atoms with Crippen molar-refractivity contribution >= 4 is 16.0 Å². The Balaban J connectivity index is 2.13. The molecule has 0 saturated carbocycles. The number of carbonyl (C=O) groups is 1. The Hall–Kier alpha value is -1.40. The largest absolute Gasteiger partial charge is 0.478 e. The summed E-state index contributed by atoms with van der Waals surface area (Å²) < 4.78 is 26.5. The quantitative estimate of drug-likeness (QED) is 0.926. The van der Waals surface area contributed by atoms with Gasteiger partial charge in [0.25, 0.3) is 0 Å². The zero-order chi connectivity index (χ0) is 15.6. The van der Waals surface area contributed by atoms with Crippen LogP contribution in [0.1, 0.15) is 37.0 Å². The van der Waals surface area contributed by atoms with Crippen LogP contribution in [0.25, 0.3) is 0 Å². The van der Waals surface area contributed by atoms with Gasteiger partial charge in [-0.1, -0.05) is 13.8 Å². The minimum Gasteiger partial charge on any atom is -0.478 e. The number of nitrogens with zero attached hydrogens (tertiary/aromatic N) is 1. The summed E-state index contributed by atoms with van der Waals surface area (Å²) in [4.78, 5) is 11.0. The van der Waals surface area contributed by atoms with E-state index in [9.17, 15) is 13.2 Å². The van der Waals surface area contributed by atoms with Gasteiger partial charge in [-0.3, -0.25) is 0 Å². The maximum atomic E-state index is 12.5. The molecule has 2 rings (SSSR count). The van der Waals surface area contributed by atoms with E-state index in [1.165, 1.54) is 28.6 Å². The van der Waals surface area contributed by atoms with Crippen LogP contribution >= 0.6 is 0 Å². The van der Waals surface area contributed by atoms with Crippen LogP contribution in [-0.2, 0) is 10.0 Å². The van der Waals surface area contributed by atoms with Crippen molar-refractivity contribution in [1.29, 1.82) is 0 Å². The van der Waals surface area contributed by atoms with Crippen molar-refractivity contribution in [3.63, 3.8) is 0 Å². The van der Waals surface area contributed by atoms with E-state index in [-0.39, 0.29) is 10.5 Å². The normalized spacial score (nSPS) is 18.0. The van der Waals surface area contributed by atoms with Crippen LogP contribution in [0, 0.1) is 11.8 Å². The number of benzene rings is 1. The first-order valence-corrected chi connectivity index (χ1v) is 8.60. The fourth-order valence-electron chi connectivity index (χ4n) is 2.70. The molecule has 1 heterocycles. The van der Waals surface area contributed by atoms with Gasteiger partial charge in [-0.2, -0.15) is 4.31 Å². The predicted molar refractivity (Wildman–Crippen MR) is 79.7 cm³/mol. The predicted octanol–water partition coefficient (Wildman–Crippen LogP) is 2.44. The number of aromatic carboxylic acids is 1. The average molecular weight is 311 g/mol. The molecule has 0 spiro atoms. The van der Waals surface area contributed by atoms with Crippen molar-refractivity contribution < 1.29 is 18.3 Å². The molecule has 0 amide bonds. The summed E-state index contributed by atoms with van der Waals surface area (Å²) in [5.74, 6) is 0.0900. The second kappa shape index (κ2) is 6.15. The minimum absolute atomic E-state index is 0.0902. The molecule has 0 unspecified atom stereocenters. The van der Waals surface area contributed by atoms with Gasteiger partial charge in [0.15, 0.2) is 0 Å². The monoisotopic (exact) mass is 311 g/mol. The number of piperidine rings is 1. The lowest BCUT2D eigenvalue weighted by Gasteiger charge is -2.33. The van der Waals surface area contributed by atoms with Gasteiger partial charge in [0.1, 0.15) is 0 Å². The molecule has 0 bridgehead atoms. The highest BCUT2D eigenvalue weighted by atomic mass is 32.2. The zero-order valence-corrected chi connectivity index (χ0v) is 13.1. The second-order valence-electron chi connectivity index (χ2n) is 5.82. The zero-order valence-electron chi connectivity index (χ0n) is 12.3. The van der Waals surface area contributed by atoms with E-state index in [0.29, 0.717) is 24.9 Å². The summed E-state index contributed by atoms with van der Waals surface area (Å²) in [7, 11) is -3.51. The summed E-state index contributed by atoms with van der Waals surface area (Å²) >= 11 is 0. The molecule has 1 aromatic rings. The Morgan fingerprint density at radius 2 is 1.71 bits per heavy atom. The lowest BCUT2D eigenvalue weighted by atomic mass is 9.87. The highest BCUT2D eigenvalue weighted by Gasteiger charge is 2.30. The molecule has 5 nitrogen and oxygen atoms in total. The van der Waals surface area contributed by atoms with Crippen molar-refractivity contribution in [1.82, 2.24) is 4.31 Å². The molecular weight excluding hydrogens is 290 g/mol. The summed E-state index contributed by atoms with van der Waals surface area (Å²) in [6, 6.07) is 5.40. The van der Waals surface area contributed by atoms with Crippen LogP contribution in [0.3, 0.4) is 0 Å². The summed E-state index contributed by atoms with van der Waals surface area (Å²) in [5.41, 5.74) is 0.0902. The number of sulfonamides is 1. The molecule has 0 aromatic heterocycles. The first-order chi connectivity index (χ1) is 9.82. The molecule has 1 aromatic carbocycles. The first kappa shape index (κ1) is 16.0. The lowest BCUT2D eigenvalue weighted by Crippen LogP contribution is -2.39. The molecule has 0 aliphatic carbocycles. The standard InChI is InChI=1S/C15H21NO4S/c1-11(2)12-7-9-16(10-8-12)21(19,20)14-5-3-13(4-6-14)15(17)18/h3-6,11-12H,7-10H2,1-2H3,(H,17,18). The van der Waals surface area contributed by atoms with E-state index < -0.39 is 16.0 Å². The molecule has 1 saturated heterocycles. The third kappa shape index (κ3) is 3.44. The molecule has 1 aliphatic heterocycles. The highest BCUT2D eigenvalue weighted by molar-refractivity contribution is 7.89. The summed E-state index contributed by atoms with van der Waals surface area (Å²) in [6.45, 7) is 5.40. The molecule has 1 N–H and O–H groups in total. The van der Waals surface area contributed by atoms with Gasteiger partial charge < -0.3 is 5.11 Å².